The van der Waals surface area contributed by atoms with E-state index in [1.165, 1.54) is 5.56 Å². The van der Waals surface area contributed by atoms with Gasteiger partial charge in [-0.1, -0.05) is 19.9 Å². The van der Waals surface area contributed by atoms with E-state index < -0.39 is 0 Å². The van der Waals surface area contributed by atoms with Crippen LogP contribution >= 0.6 is 0 Å². The van der Waals surface area contributed by atoms with Crippen molar-refractivity contribution in [2.24, 2.45) is 5.92 Å². The van der Waals surface area contributed by atoms with Crippen LogP contribution in [0.3, 0.4) is 0 Å². The molecule has 0 aliphatic carbocycles. The van der Waals surface area contributed by atoms with Crippen LogP contribution < -0.4 is 5.32 Å². The summed E-state index contributed by atoms with van der Waals surface area (Å²) in [5.74, 6) is 0.962. The fourth-order valence-corrected chi connectivity index (χ4v) is 1.38. The lowest BCUT2D eigenvalue weighted by Gasteiger charge is -2.08. The van der Waals surface area contributed by atoms with Crippen LogP contribution in [0.15, 0.2) is 18.2 Å². The molecule has 0 aliphatic rings. The minimum Gasteiger partial charge on any atom is -0.506 e. The third-order valence-electron chi connectivity index (χ3n) is 1.97. The van der Waals surface area contributed by atoms with Gasteiger partial charge in [0.05, 0.1) is 5.69 Å². The first-order chi connectivity index (χ1) is 6.13. The van der Waals surface area contributed by atoms with Crippen LogP contribution in [0.2, 0.25) is 0 Å². The van der Waals surface area contributed by atoms with Gasteiger partial charge in [0.15, 0.2) is 0 Å². The van der Waals surface area contributed by atoms with Gasteiger partial charge in [0.25, 0.3) is 0 Å². The van der Waals surface area contributed by atoms with Gasteiger partial charge < -0.3 is 10.4 Å². The van der Waals surface area contributed by atoms with Crippen molar-refractivity contribution in [3.8, 4) is 5.75 Å². The Balaban J connectivity index is 2.86. The number of hydrogen-bond donors (Lipinski definition) is 2. The molecule has 2 heteroatoms. The van der Waals surface area contributed by atoms with E-state index in [0.717, 1.165) is 12.1 Å². The Morgan fingerprint density at radius 2 is 2.08 bits per heavy atom. The summed E-state index contributed by atoms with van der Waals surface area (Å²) >= 11 is 0. The molecule has 0 aromatic heterocycles. The van der Waals surface area contributed by atoms with E-state index in [9.17, 15) is 5.11 Å². The Morgan fingerprint density at radius 3 is 2.62 bits per heavy atom. The number of anilines is 1. The van der Waals surface area contributed by atoms with E-state index in [0.29, 0.717) is 11.7 Å². The van der Waals surface area contributed by atoms with Gasteiger partial charge in [0.2, 0.25) is 0 Å². The molecule has 0 radical (unpaired) electrons. The van der Waals surface area contributed by atoms with E-state index in [2.05, 4.69) is 19.2 Å². The molecule has 1 aromatic rings. The second kappa shape index (κ2) is 4.17. The van der Waals surface area contributed by atoms with E-state index in [1.807, 2.05) is 19.2 Å². The zero-order chi connectivity index (χ0) is 9.84. The number of benzene rings is 1. The molecule has 0 spiro atoms. The summed E-state index contributed by atoms with van der Waals surface area (Å²) in [7, 11) is 1.81. The maximum Gasteiger partial charge on any atom is 0.138 e. The highest BCUT2D eigenvalue weighted by atomic mass is 16.3. The maximum absolute atomic E-state index is 9.41. The fourth-order valence-electron chi connectivity index (χ4n) is 1.38. The Morgan fingerprint density at radius 1 is 1.38 bits per heavy atom. The molecule has 0 unspecified atom stereocenters. The average molecular weight is 179 g/mol. The van der Waals surface area contributed by atoms with Gasteiger partial charge in [-0.05, 0) is 30.0 Å². The molecule has 0 fully saturated rings. The van der Waals surface area contributed by atoms with Gasteiger partial charge in [-0.2, -0.15) is 0 Å². The molecule has 0 aliphatic heterocycles. The van der Waals surface area contributed by atoms with Crippen molar-refractivity contribution < 1.29 is 5.11 Å². The van der Waals surface area contributed by atoms with E-state index in [4.69, 9.17) is 0 Å². The summed E-state index contributed by atoms with van der Waals surface area (Å²) < 4.78 is 0. The molecule has 1 aromatic carbocycles. The number of aromatic hydroxyl groups is 1. The predicted molar refractivity (Wildman–Crippen MR) is 56.2 cm³/mol. The molecule has 2 N–H and O–H groups in total. The Kier molecular flexibility index (Phi) is 3.18. The molecule has 72 valence electrons. The first kappa shape index (κ1) is 9.90. The number of hydrogen-bond acceptors (Lipinski definition) is 2. The molecule has 0 amide bonds. The summed E-state index contributed by atoms with van der Waals surface area (Å²) in [6.07, 6.45) is 1.05. The third kappa shape index (κ3) is 2.65. The van der Waals surface area contributed by atoms with Crippen LogP contribution in [0.25, 0.3) is 0 Å². The van der Waals surface area contributed by atoms with Crippen molar-refractivity contribution in [1.82, 2.24) is 0 Å². The lowest BCUT2D eigenvalue weighted by Crippen LogP contribution is -1.96. The van der Waals surface area contributed by atoms with Gasteiger partial charge >= 0.3 is 0 Å². The first-order valence-corrected chi connectivity index (χ1v) is 4.63. The van der Waals surface area contributed by atoms with Crippen molar-refractivity contribution in [1.29, 1.82) is 0 Å². The zero-order valence-corrected chi connectivity index (χ0v) is 8.46. The molecule has 1 rings (SSSR count). The molecular weight excluding hydrogens is 162 g/mol. The fraction of sp³-hybridized carbons (Fsp3) is 0.455. The van der Waals surface area contributed by atoms with Crippen molar-refractivity contribution in [3.05, 3.63) is 23.8 Å². The number of phenols is 1. The van der Waals surface area contributed by atoms with Crippen molar-refractivity contribution in [2.75, 3.05) is 12.4 Å². The monoisotopic (exact) mass is 179 g/mol. The molecule has 0 saturated heterocycles. The highest BCUT2D eigenvalue weighted by Gasteiger charge is 2.02. The minimum atomic E-state index is 0.315. The van der Waals surface area contributed by atoms with Gasteiger partial charge in [-0.25, -0.2) is 0 Å². The van der Waals surface area contributed by atoms with Crippen LogP contribution in [0.4, 0.5) is 5.69 Å². The summed E-state index contributed by atoms with van der Waals surface area (Å²) in [5.41, 5.74) is 2.07. The second-order valence-corrected chi connectivity index (χ2v) is 3.70. The highest BCUT2D eigenvalue weighted by Crippen LogP contribution is 2.24. The number of nitrogens with one attached hydrogen (secondary N) is 1. The predicted octanol–water partition coefficient (Wildman–Crippen LogP) is 2.63. The second-order valence-electron chi connectivity index (χ2n) is 3.70. The molecule has 0 bridgehead atoms. The minimum absolute atomic E-state index is 0.315. The lowest BCUT2D eigenvalue weighted by atomic mass is 10.0. The Bertz CT molecular complexity index is 281. The summed E-state index contributed by atoms with van der Waals surface area (Å²) in [4.78, 5) is 0. The SMILES string of the molecule is CNc1cc(CC(C)C)ccc1O. The van der Waals surface area contributed by atoms with Gasteiger partial charge in [-0.3, -0.25) is 0 Å². The van der Waals surface area contributed by atoms with Gasteiger partial charge in [0, 0.05) is 7.05 Å². The third-order valence-corrected chi connectivity index (χ3v) is 1.97. The Hall–Kier alpha value is -1.18. The topological polar surface area (TPSA) is 32.3 Å². The first-order valence-electron chi connectivity index (χ1n) is 4.63. The largest absolute Gasteiger partial charge is 0.506 e. The zero-order valence-electron chi connectivity index (χ0n) is 8.46. The van der Waals surface area contributed by atoms with Crippen LogP contribution in [0, 0.1) is 5.92 Å². The summed E-state index contributed by atoms with van der Waals surface area (Å²) in [6, 6.07) is 5.70. The smallest absolute Gasteiger partial charge is 0.138 e. The molecule has 2 nitrogen and oxygen atoms in total. The molecule has 0 atom stereocenters. The van der Waals surface area contributed by atoms with Crippen LogP contribution in [-0.2, 0) is 6.42 Å². The average Bonchev–Trinajstić information content (AvgIpc) is 2.07. The van der Waals surface area contributed by atoms with E-state index in [-0.39, 0.29) is 0 Å². The van der Waals surface area contributed by atoms with Crippen LogP contribution in [0.1, 0.15) is 19.4 Å². The highest BCUT2D eigenvalue weighted by molar-refractivity contribution is 5.56. The van der Waals surface area contributed by atoms with E-state index >= 15 is 0 Å². The summed E-state index contributed by atoms with van der Waals surface area (Å²) in [6.45, 7) is 4.37. The van der Waals surface area contributed by atoms with Crippen molar-refractivity contribution in [2.45, 2.75) is 20.3 Å². The van der Waals surface area contributed by atoms with E-state index in [1.54, 1.807) is 6.07 Å². The molecule has 0 saturated carbocycles. The molecular formula is C11H17NO. The van der Waals surface area contributed by atoms with Crippen LogP contribution in [-0.4, -0.2) is 12.2 Å². The quantitative estimate of drug-likeness (QED) is 0.699. The molecule has 13 heavy (non-hydrogen) atoms. The maximum atomic E-state index is 9.41. The number of phenolic OH excluding ortho intramolecular Hbond substituents is 1. The van der Waals surface area contributed by atoms with Crippen molar-refractivity contribution >= 4 is 5.69 Å². The van der Waals surface area contributed by atoms with Gasteiger partial charge in [-0.15, -0.1) is 0 Å². The molecule has 0 heterocycles. The lowest BCUT2D eigenvalue weighted by molar-refractivity contribution is 0.477. The Labute approximate surface area is 79.6 Å². The normalized spacial score (nSPS) is 10.5. The number of rotatable bonds is 3. The van der Waals surface area contributed by atoms with Crippen molar-refractivity contribution in [3.63, 3.8) is 0 Å². The standard InChI is InChI=1S/C11H17NO/c1-8(2)6-9-4-5-11(13)10(7-9)12-3/h4-5,7-8,12-13H,6H2,1-3H3. The van der Waals surface area contributed by atoms with Gasteiger partial charge in [0.1, 0.15) is 5.75 Å². The summed E-state index contributed by atoms with van der Waals surface area (Å²) in [5, 5.41) is 12.4. The van der Waals surface area contributed by atoms with Crippen LogP contribution in [0.5, 0.6) is 5.75 Å².